The average Bonchev–Trinajstić information content (AvgIpc) is 2.45. The van der Waals surface area contributed by atoms with Crippen LogP contribution in [0.25, 0.3) is 0 Å². The fourth-order valence-corrected chi connectivity index (χ4v) is 2.73. The van der Waals surface area contributed by atoms with Gasteiger partial charge in [0.25, 0.3) is 10.0 Å². The summed E-state index contributed by atoms with van der Waals surface area (Å²) in [5, 5.41) is 0.0165. The zero-order valence-corrected chi connectivity index (χ0v) is 9.87. The molecular weight excluding hydrogens is 216 g/mol. The predicted molar refractivity (Wildman–Crippen MR) is 57.7 cm³/mol. The first kappa shape index (κ1) is 12.0. The van der Waals surface area contributed by atoms with Crippen LogP contribution in [-0.4, -0.2) is 24.0 Å². The lowest BCUT2D eigenvalue weighted by Gasteiger charge is -2.12. The van der Waals surface area contributed by atoms with Crippen LogP contribution in [0, 0.1) is 0 Å². The largest absolute Gasteiger partial charge is 0.381 e. The van der Waals surface area contributed by atoms with E-state index in [2.05, 4.69) is 9.71 Å². The first-order valence-corrected chi connectivity index (χ1v) is 6.16. The van der Waals surface area contributed by atoms with Gasteiger partial charge in [-0.2, -0.15) is 0 Å². The highest BCUT2D eigenvalue weighted by molar-refractivity contribution is 7.89. The molecule has 0 saturated heterocycles. The van der Waals surface area contributed by atoms with Gasteiger partial charge in [-0.25, -0.2) is 18.1 Å². The maximum Gasteiger partial charge on any atom is 0.260 e. The molecule has 0 bridgehead atoms. The fraction of sp³-hybridized carbons (Fsp3) is 0.625. The van der Waals surface area contributed by atoms with Crippen molar-refractivity contribution in [3.63, 3.8) is 0 Å². The predicted octanol–water partition coefficient (Wildman–Crippen LogP) is 0.0791. The van der Waals surface area contributed by atoms with Crippen molar-refractivity contribution in [2.24, 2.45) is 7.05 Å². The minimum atomic E-state index is -3.56. The molecule has 0 aliphatic heterocycles. The first-order valence-electron chi connectivity index (χ1n) is 4.67. The molecule has 15 heavy (non-hydrogen) atoms. The minimum absolute atomic E-state index is 0.0165. The van der Waals surface area contributed by atoms with Crippen molar-refractivity contribution in [1.29, 1.82) is 0 Å². The summed E-state index contributed by atoms with van der Waals surface area (Å²) in [6.07, 6.45) is 2.09. The number of rotatable bonds is 4. The van der Waals surface area contributed by atoms with Crippen molar-refractivity contribution in [2.45, 2.75) is 31.3 Å². The number of imidazole rings is 1. The number of sulfonamides is 1. The molecule has 1 heterocycles. The van der Waals surface area contributed by atoms with Crippen molar-refractivity contribution >= 4 is 15.8 Å². The monoisotopic (exact) mass is 232 g/mol. The maximum absolute atomic E-state index is 11.9. The molecular formula is C8H16N4O2S. The van der Waals surface area contributed by atoms with Crippen LogP contribution in [-0.2, 0) is 17.1 Å². The van der Waals surface area contributed by atoms with E-state index in [1.54, 1.807) is 14.0 Å². The number of nitrogen functional groups attached to an aromatic ring is 1. The lowest BCUT2D eigenvalue weighted by atomic mass is 10.3. The molecule has 86 valence electrons. The Morgan fingerprint density at radius 3 is 2.67 bits per heavy atom. The van der Waals surface area contributed by atoms with E-state index in [0.717, 1.165) is 6.42 Å². The Morgan fingerprint density at radius 1 is 1.67 bits per heavy atom. The number of anilines is 1. The van der Waals surface area contributed by atoms with Gasteiger partial charge in [-0.05, 0) is 13.3 Å². The van der Waals surface area contributed by atoms with Gasteiger partial charge >= 0.3 is 0 Å². The summed E-state index contributed by atoms with van der Waals surface area (Å²) in [5.74, 6) is 0.0216. The molecule has 1 unspecified atom stereocenters. The number of nitrogens with two attached hydrogens (primary N) is 1. The Labute approximate surface area is 89.5 Å². The van der Waals surface area contributed by atoms with E-state index in [1.807, 2.05) is 6.92 Å². The van der Waals surface area contributed by atoms with Crippen LogP contribution in [0.3, 0.4) is 0 Å². The van der Waals surface area contributed by atoms with Gasteiger partial charge in [-0.15, -0.1) is 0 Å². The third-order valence-electron chi connectivity index (χ3n) is 2.13. The zero-order chi connectivity index (χ0) is 11.6. The van der Waals surface area contributed by atoms with Crippen LogP contribution in [0.5, 0.6) is 0 Å². The Kier molecular flexibility index (Phi) is 3.35. The number of hydrogen-bond acceptors (Lipinski definition) is 4. The average molecular weight is 232 g/mol. The SMILES string of the molecule is CCC(C)NS(=O)(=O)c1c(N)ncn1C. The Bertz CT molecular complexity index is 418. The molecule has 0 radical (unpaired) electrons. The molecule has 6 nitrogen and oxygen atoms in total. The fourth-order valence-electron chi connectivity index (χ4n) is 1.17. The molecule has 0 aliphatic rings. The summed E-state index contributed by atoms with van der Waals surface area (Å²) in [7, 11) is -1.97. The number of aromatic nitrogens is 2. The van der Waals surface area contributed by atoms with Crippen molar-refractivity contribution in [3.05, 3.63) is 6.33 Å². The summed E-state index contributed by atoms with van der Waals surface area (Å²) in [6.45, 7) is 3.70. The molecule has 1 rings (SSSR count). The molecule has 0 fully saturated rings. The highest BCUT2D eigenvalue weighted by atomic mass is 32.2. The second-order valence-electron chi connectivity index (χ2n) is 3.48. The van der Waals surface area contributed by atoms with Crippen LogP contribution in [0.2, 0.25) is 0 Å². The second kappa shape index (κ2) is 4.19. The van der Waals surface area contributed by atoms with Gasteiger partial charge in [-0.1, -0.05) is 6.92 Å². The van der Waals surface area contributed by atoms with Gasteiger partial charge in [0, 0.05) is 13.1 Å². The standard InChI is InChI=1S/C8H16N4O2S/c1-4-6(2)11-15(13,14)8-7(9)10-5-12(8)3/h5-6,11H,4,9H2,1-3H3. The minimum Gasteiger partial charge on any atom is -0.381 e. The van der Waals surface area contributed by atoms with Crippen LogP contribution < -0.4 is 10.5 Å². The van der Waals surface area contributed by atoms with Crippen LogP contribution >= 0.6 is 0 Å². The first-order chi connectivity index (χ1) is 6.88. The normalized spacial score (nSPS) is 14.1. The van der Waals surface area contributed by atoms with E-state index in [9.17, 15) is 8.42 Å². The summed E-state index contributed by atoms with van der Waals surface area (Å²) in [6, 6.07) is -0.121. The molecule has 7 heteroatoms. The van der Waals surface area contributed by atoms with Gasteiger partial charge in [0.05, 0.1) is 6.33 Å². The lowest BCUT2D eigenvalue weighted by Crippen LogP contribution is -2.33. The third kappa shape index (κ3) is 2.48. The van der Waals surface area contributed by atoms with E-state index in [4.69, 9.17) is 5.73 Å². The van der Waals surface area contributed by atoms with E-state index >= 15 is 0 Å². The van der Waals surface area contributed by atoms with E-state index < -0.39 is 10.0 Å². The topological polar surface area (TPSA) is 90.0 Å². The molecule has 0 spiro atoms. The van der Waals surface area contributed by atoms with Crippen LogP contribution in [0.4, 0.5) is 5.82 Å². The summed E-state index contributed by atoms with van der Waals surface area (Å²) >= 11 is 0. The second-order valence-corrected chi connectivity index (χ2v) is 5.11. The van der Waals surface area contributed by atoms with E-state index in [1.165, 1.54) is 10.9 Å². The number of aryl methyl sites for hydroxylation is 1. The Balaban J connectivity index is 3.07. The molecule has 0 aliphatic carbocycles. The smallest absolute Gasteiger partial charge is 0.260 e. The third-order valence-corrected chi connectivity index (χ3v) is 3.85. The van der Waals surface area contributed by atoms with Crippen LogP contribution in [0.15, 0.2) is 11.4 Å². The van der Waals surface area contributed by atoms with Crippen molar-refractivity contribution in [1.82, 2.24) is 14.3 Å². The number of hydrogen-bond donors (Lipinski definition) is 2. The molecule has 1 aromatic heterocycles. The summed E-state index contributed by atoms with van der Waals surface area (Å²) in [5.41, 5.74) is 5.49. The summed E-state index contributed by atoms with van der Waals surface area (Å²) < 4.78 is 27.6. The van der Waals surface area contributed by atoms with Crippen LogP contribution in [0.1, 0.15) is 20.3 Å². The molecule has 1 atom stereocenters. The highest BCUT2D eigenvalue weighted by Gasteiger charge is 2.23. The molecule has 0 saturated carbocycles. The lowest BCUT2D eigenvalue weighted by molar-refractivity contribution is 0.548. The molecule has 1 aromatic rings. The maximum atomic E-state index is 11.9. The zero-order valence-electron chi connectivity index (χ0n) is 9.06. The molecule has 0 aromatic carbocycles. The highest BCUT2D eigenvalue weighted by Crippen LogP contribution is 2.15. The Hall–Kier alpha value is -1.08. The molecule has 0 amide bonds. The van der Waals surface area contributed by atoms with Gasteiger partial charge in [0.15, 0.2) is 10.8 Å². The molecule has 3 N–H and O–H groups in total. The number of nitrogens with one attached hydrogen (secondary N) is 1. The summed E-state index contributed by atoms with van der Waals surface area (Å²) in [4.78, 5) is 3.74. The van der Waals surface area contributed by atoms with Gasteiger partial charge < -0.3 is 10.3 Å². The Morgan fingerprint density at radius 2 is 2.27 bits per heavy atom. The van der Waals surface area contributed by atoms with Gasteiger partial charge in [0.1, 0.15) is 0 Å². The number of nitrogens with zero attached hydrogens (tertiary/aromatic N) is 2. The van der Waals surface area contributed by atoms with Crippen molar-refractivity contribution in [2.75, 3.05) is 5.73 Å². The quantitative estimate of drug-likeness (QED) is 0.769. The van der Waals surface area contributed by atoms with Gasteiger partial charge in [0.2, 0.25) is 0 Å². The van der Waals surface area contributed by atoms with Crippen molar-refractivity contribution < 1.29 is 8.42 Å². The van der Waals surface area contributed by atoms with Crippen molar-refractivity contribution in [3.8, 4) is 0 Å². The van der Waals surface area contributed by atoms with Gasteiger partial charge in [-0.3, -0.25) is 0 Å². The van der Waals surface area contributed by atoms with E-state index in [0.29, 0.717) is 0 Å². The van der Waals surface area contributed by atoms with E-state index in [-0.39, 0.29) is 16.9 Å².